The lowest BCUT2D eigenvalue weighted by atomic mass is 10.3. The number of hydrogen-bond donors (Lipinski definition) is 1. The minimum absolute atomic E-state index is 0.677. The topological polar surface area (TPSA) is 50.7 Å². The molecule has 0 fully saturated rings. The van der Waals surface area contributed by atoms with E-state index in [2.05, 4.69) is 36.2 Å². The van der Waals surface area contributed by atoms with Gasteiger partial charge in [0.1, 0.15) is 11.6 Å². The van der Waals surface area contributed by atoms with Gasteiger partial charge in [0.2, 0.25) is 0 Å². The second kappa shape index (κ2) is 5.55. The standard InChI is InChI=1S/C11H13BrN4S/c1-3-13-11-9(12)5-14-10(16-11)4-8-6-17-7(2)15-8/h5-6H,3-4H2,1-2H3,(H,13,14,16). The number of hydrogen-bond acceptors (Lipinski definition) is 5. The maximum atomic E-state index is 4.46. The van der Waals surface area contributed by atoms with Gasteiger partial charge in [-0.3, -0.25) is 0 Å². The van der Waals surface area contributed by atoms with Crippen molar-refractivity contribution < 1.29 is 0 Å². The highest BCUT2D eigenvalue weighted by Crippen LogP contribution is 2.19. The fraction of sp³-hybridized carbons (Fsp3) is 0.364. The molecule has 17 heavy (non-hydrogen) atoms. The zero-order valence-corrected chi connectivity index (χ0v) is 12.1. The van der Waals surface area contributed by atoms with Crippen LogP contribution in [0.1, 0.15) is 23.4 Å². The van der Waals surface area contributed by atoms with E-state index < -0.39 is 0 Å². The minimum atomic E-state index is 0.677. The molecule has 1 N–H and O–H groups in total. The van der Waals surface area contributed by atoms with E-state index in [1.54, 1.807) is 17.5 Å². The molecule has 0 aliphatic heterocycles. The fourth-order valence-electron chi connectivity index (χ4n) is 1.43. The van der Waals surface area contributed by atoms with Crippen molar-refractivity contribution in [1.82, 2.24) is 15.0 Å². The molecule has 0 unspecified atom stereocenters. The SMILES string of the molecule is CCNc1nc(Cc2csc(C)n2)ncc1Br. The van der Waals surface area contributed by atoms with E-state index in [0.29, 0.717) is 6.42 Å². The van der Waals surface area contributed by atoms with Gasteiger partial charge < -0.3 is 5.32 Å². The van der Waals surface area contributed by atoms with Crippen molar-refractivity contribution in [2.45, 2.75) is 20.3 Å². The molecule has 0 saturated heterocycles. The molecule has 90 valence electrons. The number of halogens is 1. The Labute approximate surface area is 113 Å². The van der Waals surface area contributed by atoms with Crippen LogP contribution in [0.3, 0.4) is 0 Å². The second-order valence-corrected chi connectivity index (χ2v) is 5.46. The molecule has 0 aliphatic rings. The first kappa shape index (κ1) is 12.4. The van der Waals surface area contributed by atoms with Crippen LogP contribution < -0.4 is 5.32 Å². The minimum Gasteiger partial charge on any atom is -0.369 e. The molecular weight excluding hydrogens is 300 g/mol. The second-order valence-electron chi connectivity index (χ2n) is 3.55. The number of aryl methyl sites for hydroxylation is 1. The zero-order valence-electron chi connectivity index (χ0n) is 9.70. The third-order valence-electron chi connectivity index (χ3n) is 2.14. The van der Waals surface area contributed by atoms with Gasteiger partial charge in [0.05, 0.1) is 21.6 Å². The molecule has 2 heterocycles. The Kier molecular flexibility index (Phi) is 4.06. The van der Waals surface area contributed by atoms with Crippen LogP contribution >= 0.6 is 27.3 Å². The van der Waals surface area contributed by atoms with Gasteiger partial charge in [-0.15, -0.1) is 11.3 Å². The van der Waals surface area contributed by atoms with Gasteiger partial charge in [-0.05, 0) is 29.8 Å². The number of anilines is 1. The Balaban J connectivity index is 2.18. The number of nitrogens with zero attached hydrogens (tertiary/aromatic N) is 3. The van der Waals surface area contributed by atoms with E-state index in [9.17, 15) is 0 Å². The zero-order chi connectivity index (χ0) is 12.3. The quantitative estimate of drug-likeness (QED) is 0.942. The summed E-state index contributed by atoms with van der Waals surface area (Å²) < 4.78 is 0.887. The molecular formula is C11H13BrN4S. The molecule has 0 atom stereocenters. The van der Waals surface area contributed by atoms with Crippen molar-refractivity contribution in [1.29, 1.82) is 0 Å². The molecule has 0 saturated carbocycles. The van der Waals surface area contributed by atoms with E-state index in [0.717, 1.165) is 33.4 Å². The van der Waals surface area contributed by atoms with Gasteiger partial charge in [0.15, 0.2) is 0 Å². The highest BCUT2D eigenvalue weighted by atomic mass is 79.9. The van der Waals surface area contributed by atoms with Gasteiger partial charge >= 0.3 is 0 Å². The van der Waals surface area contributed by atoms with Gasteiger partial charge in [-0.1, -0.05) is 0 Å². The fourth-order valence-corrected chi connectivity index (χ4v) is 2.38. The van der Waals surface area contributed by atoms with Gasteiger partial charge in [0.25, 0.3) is 0 Å². The summed E-state index contributed by atoms with van der Waals surface area (Å²) in [5, 5.41) is 6.31. The maximum absolute atomic E-state index is 4.46. The number of aromatic nitrogens is 3. The lowest BCUT2D eigenvalue weighted by Gasteiger charge is -2.06. The van der Waals surface area contributed by atoms with E-state index >= 15 is 0 Å². The van der Waals surface area contributed by atoms with Crippen LogP contribution in [0.2, 0.25) is 0 Å². The predicted molar refractivity (Wildman–Crippen MR) is 73.6 cm³/mol. The Morgan fingerprint density at radius 3 is 2.88 bits per heavy atom. The van der Waals surface area contributed by atoms with Crippen LogP contribution in [0.5, 0.6) is 0 Å². The van der Waals surface area contributed by atoms with Gasteiger partial charge in [0, 0.05) is 18.1 Å². The summed E-state index contributed by atoms with van der Waals surface area (Å²) in [6.07, 6.45) is 2.45. The van der Waals surface area contributed by atoms with Crippen molar-refractivity contribution in [3.63, 3.8) is 0 Å². The summed E-state index contributed by atoms with van der Waals surface area (Å²) in [6, 6.07) is 0. The number of thiazole rings is 1. The van der Waals surface area contributed by atoms with Crippen molar-refractivity contribution in [3.05, 3.63) is 32.6 Å². The normalized spacial score (nSPS) is 10.5. The third-order valence-corrected chi connectivity index (χ3v) is 3.55. The monoisotopic (exact) mass is 312 g/mol. The van der Waals surface area contributed by atoms with Crippen LogP contribution in [0, 0.1) is 6.92 Å². The van der Waals surface area contributed by atoms with Crippen LogP contribution in [0.15, 0.2) is 16.0 Å². The molecule has 6 heteroatoms. The highest BCUT2D eigenvalue weighted by Gasteiger charge is 2.06. The number of nitrogens with one attached hydrogen (secondary N) is 1. The molecule has 4 nitrogen and oxygen atoms in total. The molecule has 0 bridgehead atoms. The summed E-state index contributed by atoms with van der Waals surface area (Å²) in [7, 11) is 0. The van der Waals surface area contributed by atoms with Crippen molar-refractivity contribution in [2.24, 2.45) is 0 Å². The average molecular weight is 313 g/mol. The molecule has 0 aromatic carbocycles. The smallest absolute Gasteiger partial charge is 0.144 e. The average Bonchev–Trinajstić information content (AvgIpc) is 2.69. The Hall–Kier alpha value is -1.01. The van der Waals surface area contributed by atoms with Crippen LogP contribution in [-0.2, 0) is 6.42 Å². The Bertz CT molecular complexity index is 512. The summed E-state index contributed by atoms with van der Waals surface area (Å²) in [4.78, 5) is 13.2. The molecule has 2 rings (SSSR count). The first-order valence-electron chi connectivity index (χ1n) is 5.35. The molecule has 0 spiro atoms. The van der Waals surface area contributed by atoms with Gasteiger partial charge in [-0.2, -0.15) is 0 Å². The first-order valence-corrected chi connectivity index (χ1v) is 7.02. The van der Waals surface area contributed by atoms with Crippen molar-refractivity contribution in [3.8, 4) is 0 Å². The number of rotatable bonds is 4. The van der Waals surface area contributed by atoms with E-state index in [1.807, 2.05) is 19.2 Å². The summed E-state index contributed by atoms with van der Waals surface area (Å²) >= 11 is 5.07. The summed E-state index contributed by atoms with van der Waals surface area (Å²) in [6.45, 7) is 4.88. The lowest BCUT2D eigenvalue weighted by molar-refractivity contribution is 0.932. The van der Waals surface area contributed by atoms with Crippen LogP contribution in [-0.4, -0.2) is 21.5 Å². The van der Waals surface area contributed by atoms with E-state index in [1.165, 1.54) is 0 Å². The molecule has 0 amide bonds. The largest absolute Gasteiger partial charge is 0.369 e. The van der Waals surface area contributed by atoms with E-state index in [-0.39, 0.29) is 0 Å². The maximum Gasteiger partial charge on any atom is 0.144 e. The highest BCUT2D eigenvalue weighted by molar-refractivity contribution is 9.10. The third kappa shape index (κ3) is 3.23. The lowest BCUT2D eigenvalue weighted by Crippen LogP contribution is -2.04. The summed E-state index contributed by atoms with van der Waals surface area (Å²) in [5.74, 6) is 1.62. The first-order chi connectivity index (χ1) is 8.19. The Morgan fingerprint density at radius 2 is 2.24 bits per heavy atom. The molecule has 0 aliphatic carbocycles. The van der Waals surface area contributed by atoms with Crippen LogP contribution in [0.25, 0.3) is 0 Å². The summed E-state index contributed by atoms with van der Waals surface area (Å²) in [5.41, 5.74) is 1.03. The Morgan fingerprint density at radius 1 is 1.41 bits per heavy atom. The molecule has 2 aromatic rings. The van der Waals surface area contributed by atoms with Gasteiger partial charge in [-0.25, -0.2) is 15.0 Å². The molecule has 0 radical (unpaired) electrons. The van der Waals surface area contributed by atoms with E-state index in [4.69, 9.17) is 0 Å². The molecule has 2 aromatic heterocycles. The van der Waals surface area contributed by atoms with Crippen molar-refractivity contribution in [2.75, 3.05) is 11.9 Å². The van der Waals surface area contributed by atoms with Crippen LogP contribution in [0.4, 0.5) is 5.82 Å². The van der Waals surface area contributed by atoms with Crippen molar-refractivity contribution >= 4 is 33.1 Å². The predicted octanol–water partition coefficient (Wildman–Crippen LogP) is 3.03.